The number of benzene rings is 2. The fourth-order valence-corrected chi connectivity index (χ4v) is 5.19. The highest BCUT2D eigenvalue weighted by molar-refractivity contribution is 6.29. The Labute approximate surface area is 208 Å². The van der Waals surface area contributed by atoms with E-state index < -0.39 is 11.0 Å². The third-order valence-electron chi connectivity index (χ3n) is 6.54. The molecule has 3 aromatic rings. The number of hydrogen-bond acceptors (Lipinski definition) is 6. The maximum Gasteiger partial charge on any atom is 0.269 e. The number of allylic oxidation sites excluding steroid dienone is 1. The monoisotopic (exact) mass is 488 g/mol. The number of carbonyl (C=O) groups is 1. The van der Waals surface area contributed by atoms with Crippen molar-refractivity contribution in [3.8, 4) is 0 Å². The number of Topliss-reactive ketones (excluding diaryl/α,β-unsaturated/α-hetero) is 1. The molecule has 178 valence electrons. The Morgan fingerprint density at radius 2 is 1.94 bits per heavy atom. The van der Waals surface area contributed by atoms with Crippen molar-refractivity contribution < 1.29 is 9.72 Å². The van der Waals surface area contributed by atoms with Crippen molar-refractivity contribution in [1.29, 1.82) is 0 Å². The molecule has 0 saturated heterocycles. The summed E-state index contributed by atoms with van der Waals surface area (Å²) in [4.78, 5) is 31.3. The number of ketones is 1. The average Bonchev–Trinajstić information content (AvgIpc) is 2.94. The van der Waals surface area contributed by atoms with Crippen LogP contribution in [0.2, 0.25) is 5.15 Å². The van der Waals surface area contributed by atoms with Crippen LogP contribution in [0, 0.1) is 15.5 Å². The van der Waals surface area contributed by atoms with Crippen molar-refractivity contribution in [1.82, 2.24) is 4.98 Å². The third kappa shape index (κ3) is 4.51. The SMILES string of the molecule is CC1(C)CC(=O)C2=C(C1)Nc1ccccc1N(Cc1ccc(Cl)nc1)C2c1cccc([N+](=O)[O-])c1. The Kier molecular flexibility index (Phi) is 5.81. The van der Waals surface area contributed by atoms with Gasteiger partial charge in [0.1, 0.15) is 5.15 Å². The second kappa shape index (κ2) is 8.82. The zero-order chi connectivity index (χ0) is 24.7. The highest BCUT2D eigenvalue weighted by atomic mass is 35.5. The minimum atomic E-state index is -0.514. The summed E-state index contributed by atoms with van der Waals surface area (Å²) < 4.78 is 0. The molecular formula is C27H25ClN4O3. The minimum absolute atomic E-state index is 0.00756. The number of rotatable bonds is 4. The lowest BCUT2D eigenvalue weighted by Gasteiger charge is -2.38. The van der Waals surface area contributed by atoms with E-state index in [2.05, 4.69) is 29.0 Å². The van der Waals surface area contributed by atoms with Crippen molar-refractivity contribution in [2.75, 3.05) is 10.2 Å². The molecule has 0 saturated carbocycles. The molecule has 1 N–H and O–H groups in total. The van der Waals surface area contributed by atoms with Crippen LogP contribution in [0.1, 0.15) is 43.9 Å². The molecule has 5 rings (SSSR count). The number of fused-ring (bicyclic) bond motifs is 1. The Hall–Kier alpha value is -3.71. The summed E-state index contributed by atoms with van der Waals surface area (Å²) in [7, 11) is 0. The molecule has 0 amide bonds. The van der Waals surface area contributed by atoms with Crippen molar-refractivity contribution in [2.45, 2.75) is 39.3 Å². The molecule has 2 aliphatic rings. The number of pyridine rings is 1. The van der Waals surface area contributed by atoms with Gasteiger partial charge in [0.05, 0.1) is 22.3 Å². The molecule has 2 heterocycles. The van der Waals surface area contributed by atoms with Crippen molar-refractivity contribution >= 4 is 34.4 Å². The summed E-state index contributed by atoms with van der Waals surface area (Å²) in [5.74, 6) is 0.0484. The summed E-state index contributed by atoms with van der Waals surface area (Å²) in [6, 6.07) is 17.6. The number of aromatic nitrogens is 1. The summed E-state index contributed by atoms with van der Waals surface area (Å²) in [5.41, 5.74) is 4.72. The van der Waals surface area contributed by atoms with Gasteiger partial charge in [-0.3, -0.25) is 14.9 Å². The lowest BCUT2D eigenvalue weighted by molar-refractivity contribution is -0.384. The molecule has 0 radical (unpaired) electrons. The highest BCUT2D eigenvalue weighted by Gasteiger charge is 2.41. The van der Waals surface area contributed by atoms with Gasteiger partial charge in [0.15, 0.2) is 5.78 Å². The number of nitrogens with zero attached hydrogens (tertiary/aromatic N) is 3. The third-order valence-corrected chi connectivity index (χ3v) is 6.77. The quantitative estimate of drug-likeness (QED) is 0.257. The van der Waals surface area contributed by atoms with Gasteiger partial charge in [0.25, 0.3) is 5.69 Å². The predicted octanol–water partition coefficient (Wildman–Crippen LogP) is 6.46. The van der Waals surface area contributed by atoms with E-state index >= 15 is 0 Å². The van der Waals surface area contributed by atoms with Gasteiger partial charge >= 0.3 is 0 Å². The number of nitro benzene ring substituents is 1. The Morgan fingerprint density at radius 3 is 2.69 bits per heavy atom. The molecule has 7 nitrogen and oxygen atoms in total. The maximum atomic E-state index is 13.7. The highest BCUT2D eigenvalue weighted by Crippen LogP contribution is 2.48. The van der Waals surface area contributed by atoms with Gasteiger partial charge < -0.3 is 10.2 Å². The van der Waals surface area contributed by atoms with E-state index in [1.54, 1.807) is 24.4 Å². The number of hydrogen-bond donors (Lipinski definition) is 1. The standard InChI is InChI=1S/C27H25ClN4O3/c1-27(2)13-21-25(23(33)14-27)26(18-6-5-7-19(12-18)32(34)35)31(16-17-10-11-24(28)29-15-17)22-9-4-3-8-20(22)30-21/h3-12,15,26,30H,13-14,16H2,1-2H3. The van der Waals surface area contributed by atoms with Gasteiger partial charge in [-0.05, 0) is 41.2 Å². The van der Waals surface area contributed by atoms with Crippen LogP contribution in [-0.2, 0) is 11.3 Å². The first-order chi connectivity index (χ1) is 16.7. The van der Waals surface area contributed by atoms with Crippen LogP contribution in [0.3, 0.4) is 0 Å². The van der Waals surface area contributed by atoms with E-state index in [-0.39, 0.29) is 16.9 Å². The van der Waals surface area contributed by atoms with Crippen molar-refractivity contribution in [2.24, 2.45) is 5.41 Å². The summed E-state index contributed by atoms with van der Waals surface area (Å²) in [5, 5.41) is 15.6. The first-order valence-electron chi connectivity index (χ1n) is 11.5. The summed E-state index contributed by atoms with van der Waals surface area (Å²) in [6.45, 7) is 4.61. The Balaban J connectivity index is 1.75. The van der Waals surface area contributed by atoms with Crippen molar-refractivity contribution in [3.63, 3.8) is 0 Å². The molecule has 1 aliphatic carbocycles. The minimum Gasteiger partial charge on any atom is -0.357 e. The molecule has 1 atom stereocenters. The molecule has 1 unspecified atom stereocenters. The van der Waals surface area contributed by atoms with E-state index in [4.69, 9.17) is 11.6 Å². The van der Waals surface area contributed by atoms with Crippen LogP contribution in [0.15, 0.2) is 78.1 Å². The summed E-state index contributed by atoms with van der Waals surface area (Å²) in [6.07, 6.45) is 2.82. The molecule has 0 fully saturated rings. The normalized spacial score (nSPS) is 18.9. The zero-order valence-electron chi connectivity index (χ0n) is 19.5. The molecule has 2 aromatic carbocycles. The molecule has 8 heteroatoms. The van der Waals surface area contributed by atoms with E-state index in [0.717, 1.165) is 22.6 Å². The number of para-hydroxylation sites is 2. The summed E-state index contributed by atoms with van der Waals surface area (Å²) >= 11 is 6.02. The molecule has 0 spiro atoms. The lowest BCUT2D eigenvalue weighted by Crippen LogP contribution is -2.36. The number of nitro groups is 1. The average molecular weight is 489 g/mol. The number of nitrogens with one attached hydrogen (secondary N) is 1. The van der Waals surface area contributed by atoms with Crippen LogP contribution in [0.25, 0.3) is 0 Å². The van der Waals surface area contributed by atoms with Crippen LogP contribution < -0.4 is 10.2 Å². The smallest absolute Gasteiger partial charge is 0.269 e. The topological polar surface area (TPSA) is 88.4 Å². The Bertz CT molecular complexity index is 1350. The molecule has 1 aliphatic heterocycles. The number of carbonyl (C=O) groups excluding carboxylic acids is 1. The lowest BCUT2D eigenvalue weighted by atomic mass is 9.73. The first-order valence-corrected chi connectivity index (χ1v) is 11.8. The molecule has 35 heavy (non-hydrogen) atoms. The molecular weight excluding hydrogens is 464 g/mol. The van der Waals surface area contributed by atoms with Gasteiger partial charge in [0.2, 0.25) is 0 Å². The first kappa shape index (κ1) is 23.1. The largest absolute Gasteiger partial charge is 0.357 e. The number of non-ortho nitro benzene ring substituents is 1. The van der Waals surface area contributed by atoms with Crippen LogP contribution in [0.5, 0.6) is 0 Å². The van der Waals surface area contributed by atoms with Gasteiger partial charge in [0, 0.05) is 42.6 Å². The van der Waals surface area contributed by atoms with Crippen LogP contribution in [-0.4, -0.2) is 15.7 Å². The molecule has 1 aromatic heterocycles. The molecule has 0 bridgehead atoms. The fraction of sp³-hybridized carbons (Fsp3) is 0.259. The van der Waals surface area contributed by atoms with Gasteiger partial charge in [-0.2, -0.15) is 0 Å². The number of halogens is 1. The zero-order valence-corrected chi connectivity index (χ0v) is 20.2. The van der Waals surface area contributed by atoms with Gasteiger partial charge in [-0.15, -0.1) is 0 Å². The Morgan fingerprint density at radius 1 is 1.14 bits per heavy atom. The van der Waals surface area contributed by atoms with Gasteiger partial charge in [-0.1, -0.05) is 55.8 Å². The van der Waals surface area contributed by atoms with Crippen LogP contribution in [0.4, 0.5) is 17.1 Å². The van der Waals surface area contributed by atoms with Gasteiger partial charge in [-0.25, -0.2) is 4.98 Å². The second-order valence-electron chi connectivity index (χ2n) is 9.85. The number of anilines is 2. The van der Waals surface area contributed by atoms with Crippen LogP contribution >= 0.6 is 11.6 Å². The van der Waals surface area contributed by atoms with E-state index in [1.807, 2.05) is 36.4 Å². The van der Waals surface area contributed by atoms with Crippen molar-refractivity contribution in [3.05, 3.63) is 105 Å². The second-order valence-corrected chi connectivity index (χ2v) is 10.2. The predicted molar refractivity (Wildman–Crippen MR) is 136 cm³/mol. The fourth-order valence-electron chi connectivity index (χ4n) is 5.08. The van der Waals surface area contributed by atoms with E-state index in [0.29, 0.717) is 35.7 Å². The van der Waals surface area contributed by atoms with E-state index in [9.17, 15) is 14.9 Å². The van der Waals surface area contributed by atoms with E-state index in [1.165, 1.54) is 6.07 Å². The maximum absolute atomic E-state index is 13.7.